The second-order valence-electron chi connectivity index (χ2n) is 13.6. The van der Waals surface area contributed by atoms with E-state index in [1.807, 2.05) is 48.6 Å². The molecule has 2 amide bonds. The topological polar surface area (TPSA) is 119 Å². The van der Waals surface area contributed by atoms with Crippen LogP contribution in [0.5, 0.6) is 23.0 Å². The molecule has 51 heavy (non-hydrogen) atoms. The van der Waals surface area contributed by atoms with Gasteiger partial charge in [-0.3, -0.25) is 24.1 Å². The normalized spacial score (nSPS) is 23.9. The van der Waals surface area contributed by atoms with Crippen molar-refractivity contribution in [3.8, 4) is 23.0 Å². The molecule has 5 aliphatic rings. The second kappa shape index (κ2) is 12.4. The largest absolute Gasteiger partial charge is 0.508 e. The molecule has 0 saturated carbocycles. The van der Waals surface area contributed by atoms with Crippen molar-refractivity contribution >= 4 is 41.2 Å². The number of carbonyl (C=O) groups is 4. The van der Waals surface area contributed by atoms with Gasteiger partial charge in [0.05, 0.1) is 38.0 Å². The van der Waals surface area contributed by atoms with Crippen molar-refractivity contribution in [3.63, 3.8) is 0 Å². The molecule has 3 aliphatic carbocycles. The number of carbonyl (C=O) groups excluding carboxylic acids is 4. The van der Waals surface area contributed by atoms with Gasteiger partial charge in [0.1, 0.15) is 23.0 Å². The van der Waals surface area contributed by atoms with Crippen LogP contribution in [-0.4, -0.2) is 42.7 Å². The van der Waals surface area contributed by atoms with Crippen LogP contribution in [0.2, 0.25) is 0 Å². The second-order valence-corrected chi connectivity index (χ2v) is 13.6. The molecule has 1 N–H and O–H groups in total. The summed E-state index contributed by atoms with van der Waals surface area (Å²) in [5, 5.41) is 10.2. The van der Waals surface area contributed by atoms with Crippen LogP contribution in [0, 0.1) is 23.7 Å². The van der Waals surface area contributed by atoms with Crippen LogP contribution in [0.4, 0.5) is 5.69 Å². The van der Waals surface area contributed by atoms with E-state index in [0.717, 1.165) is 27.8 Å². The maximum absolute atomic E-state index is 14.4. The van der Waals surface area contributed by atoms with Gasteiger partial charge in [-0.05, 0) is 91.4 Å². The molecule has 0 bridgehead atoms. The van der Waals surface area contributed by atoms with Gasteiger partial charge in [0.15, 0.2) is 11.6 Å². The predicted molar refractivity (Wildman–Crippen MR) is 190 cm³/mol. The van der Waals surface area contributed by atoms with Crippen LogP contribution in [0.1, 0.15) is 36.5 Å². The minimum atomic E-state index is -0.690. The average molecular weight is 682 g/mol. The van der Waals surface area contributed by atoms with E-state index < -0.39 is 23.7 Å². The highest BCUT2D eigenvalue weighted by Gasteiger charge is 2.57. The number of phenols is 1. The highest BCUT2D eigenvalue weighted by atomic mass is 16.5. The zero-order chi connectivity index (χ0) is 35.6. The van der Waals surface area contributed by atoms with E-state index in [1.165, 1.54) is 11.0 Å². The molecule has 9 nitrogen and oxygen atoms in total. The van der Waals surface area contributed by atoms with Crippen molar-refractivity contribution in [2.24, 2.45) is 23.7 Å². The van der Waals surface area contributed by atoms with Gasteiger partial charge < -0.3 is 19.3 Å². The summed E-state index contributed by atoms with van der Waals surface area (Å²) in [6.45, 7) is 1.63. The minimum Gasteiger partial charge on any atom is -0.508 e. The summed E-state index contributed by atoms with van der Waals surface area (Å²) >= 11 is 0. The SMILES string of the molecule is COc1ccc(OC)c(C=Cc2ccc(N3C(=O)[C@H]4[C@H](CC=C5[C@H](C6=COc7ccc(O)cc7C6)C6=C(C[C@H]54)C(=O)C(C)=CC6=O)C3=O)cc2)c1. The Labute approximate surface area is 294 Å². The number of allylic oxidation sites excluding steroid dienone is 7. The Kier molecular flexibility index (Phi) is 7.86. The molecule has 8 rings (SSSR count). The van der Waals surface area contributed by atoms with Crippen LogP contribution >= 0.6 is 0 Å². The molecule has 3 aromatic rings. The third-order valence-corrected chi connectivity index (χ3v) is 10.8. The van der Waals surface area contributed by atoms with E-state index in [0.29, 0.717) is 52.5 Å². The summed E-state index contributed by atoms with van der Waals surface area (Å²) in [6, 6.07) is 17.6. The number of nitrogens with zero attached hydrogens (tertiary/aromatic N) is 1. The maximum atomic E-state index is 14.4. The van der Waals surface area contributed by atoms with Gasteiger partial charge in [0, 0.05) is 40.2 Å². The number of ketones is 2. The summed E-state index contributed by atoms with van der Waals surface area (Å²) < 4.78 is 16.8. The van der Waals surface area contributed by atoms with E-state index in [2.05, 4.69) is 0 Å². The molecular weight excluding hydrogens is 646 g/mol. The zero-order valence-electron chi connectivity index (χ0n) is 28.3. The molecule has 4 atom stereocenters. The van der Waals surface area contributed by atoms with Gasteiger partial charge in [0.25, 0.3) is 0 Å². The van der Waals surface area contributed by atoms with Gasteiger partial charge in [0.2, 0.25) is 11.8 Å². The summed E-state index contributed by atoms with van der Waals surface area (Å²) in [5.41, 5.74) is 5.72. The lowest BCUT2D eigenvalue weighted by atomic mass is 9.58. The molecule has 2 heterocycles. The number of anilines is 1. The van der Waals surface area contributed by atoms with Crippen molar-refractivity contribution < 1.29 is 38.5 Å². The smallest absolute Gasteiger partial charge is 0.238 e. The van der Waals surface area contributed by atoms with E-state index >= 15 is 0 Å². The third kappa shape index (κ3) is 5.31. The van der Waals surface area contributed by atoms with Gasteiger partial charge in [-0.25, -0.2) is 0 Å². The van der Waals surface area contributed by atoms with E-state index in [-0.39, 0.29) is 35.6 Å². The first-order valence-electron chi connectivity index (χ1n) is 16.9. The predicted octanol–water partition coefficient (Wildman–Crippen LogP) is 6.57. The van der Waals surface area contributed by atoms with Gasteiger partial charge in [-0.15, -0.1) is 0 Å². The molecule has 3 aromatic carbocycles. The molecule has 0 aromatic heterocycles. The van der Waals surface area contributed by atoms with Crippen molar-refractivity contribution in [2.75, 3.05) is 19.1 Å². The highest BCUT2D eigenvalue weighted by Crippen LogP contribution is 2.55. The Morgan fingerprint density at radius 2 is 1.71 bits per heavy atom. The summed E-state index contributed by atoms with van der Waals surface area (Å²) in [4.78, 5) is 57.0. The third-order valence-electron chi connectivity index (χ3n) is 10.8. The zero-order valence-corrected chi connectivity index (χ0v) is 28.3. The Bertz CT molecular complexity index is 2200. The number of fused-ring (bicyclic) bond motifs is 4. The van der Waals surface area contributed by atoms with E-state index in [9.17, 15) is 24.3 Å². The number of amides is 2. The number of hydrogen-bond acceptors (Lipinski definition) is 8. The fourth-order valence-corrected chi connectivity index (χ4v) is 8.34. The fourth-order valence-electron chi connectivity index (χ4n) is 8.34. The molecule has 2 aliphatic heterocycles. The molecule has 0 radical (unpaired) electrons. The number of methoxy groups -OCH3 is 2. The quantitative estimate of drug-likeness (QED) is 0.134. The number of imide groups is 1. The molecule has 0 unspecified atom stereocenters. The van der Waals surface area contributed by atoms with Crippen LogP contribution in [0.3, 0.4) is 0 Å². The van der Waals surface area contributed by atoms with E-state index in [1.54, 1.807) is 57.7 Å². The van der Waals surface area contributed by atoms with Crippen molar-refractivity contribution in [2.45, 2.75) is 26.2 Å². The van der Waals surface area contributed by atoms with Crippen LogP contribution in [0.25, 0.3) is 12.2 Å². The first-order chi connectivity index (χ1) is 24.7. The number of Topliss-reactive ketones (excluding diaryl/α,β-unsaturated/α-hetero) is 1. The number of phenolic OH excluding ortho intramolecular Hbond substituents is 1. The number of hydrogen-bond donors (Lipinski definition) is 1. The molecule has 256 valence electrons. The monoisotopic (exact) mass is 681 g/mol. The van der Waals surface area contributed by atoms with Crippen LogP contribution in [-0.2, 0) is 25.6 Å². The summed E-state index contributed by atoms with van der Waals surface area (Å²) in [5.74, 6) is -1.25. The number of aromatic hydroxyl groups is 1. The molecule has 0 spiro atoms. The Balaban J connectivity index is 1.11. The molecule has 1 saturated heterocycles. The standard InChI is InChI=1S/C42H35NO8/c1-22-16-34(45)39-33(40(22)46)20-32-30(37(39)26-17-25-18-28(44)10-14-36(25)51-21-26)12-13-31-38(32)42(48)43(41(31)47)27-8-5-23(6-9-27)4-7-24-19-29(49-2)11-15-35(24)50-3/h4-12,14-16,18-19,21,31-32,37-38,44H,13,17,20H2,1-3H3/t31-,32+,37-,38-/m0/s1. The first-order valence-corrected chi connectivity index (χ1v) is 16.9. The lowest BCUT2D eigenvalue weighted by Gasteiger charge is -2.43. The first kappa shape index (κ1) is 32.3. The van der Waals surface area contributed by atoms with Gasteiger partial charge >= 0.3 is 0 Å². The Morgan fingerprint density at radius 3 is 2.47 bits per heavy atom. The van der Waals surface area contributed by atoms with Crippen molar-refractivity contribution in [1.29, 1.82) is 0 Å². The van der Waals surface area contributed by atoms with Gasteiger partial charge in [-0.1, -0.05) is 35.9 Å². The Morgan fingerprint density at radius 1 is 0.902 bits per heavy atom. The van der Waals surface area contributed by atoms with Crippen molar-refractivity contribution in [3.05, 3.63) is 124 Å². The highest BCUT2D eigenvalue weighted by molar-refractivity contribution is 6.24. The Hall–Kier alpha value is -5.96. The lowest BCUT2D eigenvalue weighted by Crippen LogP contribution is -2.41. The van der Waals surface area contributed by atoms with Crippen LogP contribution < -0.4 is 19.1 Å². The van der Waals surface area contributed by atoms with Crippen LogP contribution in [0.15, 0.2) is 107 Å². The maximum Gasteiger partial charge on any atom is 0.238 e. The van der Waals surface area contributed by atoms with E-state index in [4.69, 9.17) is 14.2 Å². The number of rotatable bonds is 6. The molecular formula is C42H35NO8. The summed E-state index contributed by atoms with van der Waals surface area (Å²) in [7, 11) is 3.21. The number of benzene rings is 3. The molecule has 9 heteroatoms. The minimum absolute atomic E-state index is 0.0959. The number of ether oxygens (including phenoxy) is 3. The van der Waals surface area contributed by atoms with Crippen molar-refractivity contribution in [1.82, 2.24) is 0 Å². The fraction of sp³-hybridized carbons (Fsp3) is 0.238. The summed E-state index contributed by atoms with van der Waals surface area (Å²) in [6.07, 6.45) is 9.77. The van der Waals surface area contributed by atoms with Gasteiger partial charge in [-0.2, -0.15) is 0 Å². The lowest BCUT2D eigenvalue weighted by molar-refractivity contribution is -0.123. The molecule has 1 fully saturated rings. The average Bonchev–Trinajstić information content (AvgIpc) is 3.40.